The van der Waals surface area contributed by atoms with E-state index in [9.17, 15) is 4.79 Å². The molecule has 3 N–H and O–H groups in total. The molecule has 0 radical (unpaired) electrons. The summed E-state index contributed by atoms with van der Waals surface area (Å²) in [6, 6.07) is 4.75. The summed E-state index contributed by atoms with van der Waals surface area (Å²) < 4.78 is 0.706. The van der Waals surface area contributed by atoms with E-state index in [2.05, 4.69) is 27.8 Å². The molecule has 0 bridgehead atoms. The van der Waals surface area contributed by atoms with Gasteiger partial charge < -0.3 is 11.1 Å². The van der Waals surface area contributed by atoms with Crippen LogP contribution in [0, 0.1) is 0 Å². The van der Waals surface area contributed by atoms with E-state index < -0.39 is 0 Å². The Kier molecular flexibility index (Phi) is 4.17. The largest absolute Gasteiger partial charge is 0.398 e. The van der Waals surface area contributed by atoms with Gasteiger partial charge in [0.2, 0.25) is 0 Å². The number of nitrogen functional groups attached to an aromatic ring is 1. The van der Waals surface area contributed by atoms with Crippen LogP contribution in [0.25, 0.3) is 0 Å². The third-order valence-corrected chi connectivity index (χ3v) is 2.31. The fourth-order valence-electron chi connectivity index (χ4n) is 0.947. The van der Waals surface area contributed by atoms with Crippen LogP contribution in [0.15, 0.2) is 29.3 Å². The van der Waals surface area contributed by atoms with Crippen LogP contribution in [0.5, 0.6) is 0 Å². The molecule has 3 nitrogen and oxygen atoms in total. The molecule has 0 aliphatic rings. The Balaban J connectivity index is 2.74. The average Bonchev–Trinajstić information content (AvgIpc) is 2.18. The Hall–Kier alpha value is -1.00. The number of halogens is 2. The molecule has 5 heteroatoms. The summed E-state index contributed by atoms with van der Waals surface area (Å²) in [6.45, 7) is 3.98. The van der Waals surface area contributed by atoms with Gasteiger partial charge >= 0.3 is 0 Å². The molecular formula is C10H10BrClN2O. The van der Waals surface area contributed by atoms with Crippen molar-refractivity contribution in [1.29, 1.82) is 0 Å². The second-order valence-corrected chi connectivity index (χ2v) is 4.46. The molecule has 0 saturated heterocycles. The quantitative estimate of drug-likeness (QED) is 0.840. The zero-order chi connectivity index (χ0) is 11.4. The number of amides is 1. The molecule has 0 fully saturated rings. The van der Waals surface area contributed by atoms with Gasteiger partial charge in [-0.15, -0.1) is 0 Å². The molecule has 0 heterocycles. The van der Waals surface area contributed by atoms with Gasteiger partial charge in [0.05, 0.1) is 10.7 Å². The van der Waals surface area contributed by atoms with Crippen LogP contribution in [0.4, 0.5) is 5.69 Å². The molecule has 1 amide bonds. The van der Waals surface area contributed by atoms with E-state index in [1.165, 1.54) is 6.07 Å². The molecule has 1 aromatic rings. The third-order valence-electron chi connectivity index (χ3n) is 1.70. The van der Waals surface area contributed by atoms with E-state index in [1.807, 2.05) is 0 Å². The minimum absolute atomic E-state index is 0.211. The lowest BCUT2D eigenvalue weighted by atomic mass is 10.2. The van der Waals surface area contributed by atoms with Crippen molar-refractivity contribution in [1.82, 2.24) is 5.32 Å². The van der Waals surface area contributed by atoms with Crippen LogP contribution < -0.4 is 11.1 Å². The van der Waals surface area contributed by atoms with Gasteiger partial charge in [-0.2, -0.15) is 0 Å². The maximum atomic E-state index is 11.5. The molecule has 80 valence electrons. The molecule has 0 atom stereocenters. The van der Waals surface area contributed by atoms with Crippen molar-refractivity contribution in [2.24, 2.45) is 0 Å². The minimum atomic E-state index is -0.211. The zero-order valence-electron chi connectivity index (χ0n) is 7.89. The van der Waals surface area contributed by atoms with Crippen LogP contribution in [0.3, 0.4) is 0 Å². The number of benzene rings is 1. The molecular weight excluding hydrogens is 279 g/mol. The highest BCUT2D eigenvalue weighted by molar-refractivity contribution is 9.11. The van der Waals surface area contributed by atoms with Gasteiger partial charge in [-0.1, -0.05) is 34.1 Å². The number of nitrogens with one attached hydrogen (secondary N) is 1. The van der Waals surface area contributed by atoms with Crippen molar-refractivity contribution in [3.8, 4) is 0 Å². The van der Waals surface area contributed by atoms with Crippen LogP contribution in [0.2, 0.25) is 5.02 Å². The van der Waals surface area contributed by atoms with Crippen molar-refractivity contribution in [3.63, 3.8) is 0 Å². The van der Waals surface area contributed by atoms with Crippen LogP contribution in [-0.2, 0) is 0 Å². The van der Waals surface area contributed by atoms with Crippen LogP contribution in [0.1, 0.15) is 10.4 Å². The minimum Gasteiger partial charge on any atom is -0.398 e. The Morgan fingerprint density at radius 1 is 1.60 bits per heavy atom. The fraction of sp³-hybridized carbons (Fsp3) is 0.100. The summed E-state index contributed by atoms with van der Waals surface area (Å²) in [5.41, 5.74) is 6.46. The predicted octanol–water partition coefficient (Wildman–Crippen LogP) is 2.56. The maximum absolute atomic E-state index is 11.5. The number of anilines is 1. The normalized spacial score (nSPS) is 9.73. The molecule has 0 aromatic heterocycles. The number of carbonyl (C=O) groups is 1. The Labute approximate surface area is 101 Å². The topological polar surface area (TPSA) is 55.1 Å². The highest BCUT2D eigenvalue weighted by Gasteiger charge is 2.06. The lowest BCUT2D eigenvalue weighted by Crippen LogP contribution is -2.24. The first-order valence-corrected chi connectivity index (χ1v) is 5.34. The van der Waals surface area contributed by atoms with Crippen LogP contribution in [-0.4, -0.2) is 12.5 Å². The molecule has 0 saturated carbocycles. The van der Waals surface area contributed by atoms with Crippen LogP contribution >= 0.6 is 27.5 Å². The van der Waals surface area contributed by atoms with E-state index in [1.54, 1.807) is 12.1 Å². The van der Waals surface area contributed by atoms with Crippen molar-refractivity contribution >= 4 is 39.1 Å². The van der Waals surface area contributed by atoms with Gasteiger partial charge in [0.1, 0.15) is 0 Å². The first-order valence-electron chi connectivity index (χ1n) is 4.17. The van der Waals surface area contributed by atoms with Crippen molar-refractivity contribution in [3.05, 3.63) is 39.8 Å². The highest BCUT2D eigenvalue weighted by Crippen LogP contribution is 2.19. The molecule has 0 aliphatic carbocycles. The van der Waals surface area contributed by atoms with E-state index in [0.717, 1.165) is 0 Å². The Bertz CT molecular complexity index is 406. The van der Waals surface area contributed by atoms with E-state index in [4.69, 9.17) is 17.3 Å². The zero-order valence-corrected chi connectivity index (χ0v) is 10.2. The average molecular weight is 290 g/mol. The monoisotopic (exact) mass is 288 g/mol. The fourth-order valence-corrected chi connectivity index (χ4v) is 1.27. The van der Waals surface area contributed by atoms with E-state index >= 15 is 0 Å². The summed E-state index contributed by atoms with van der Waals surface area (Å²) in [7, 11) is 0. The summed E-state index contributed by atoms with van der Waals surface area (Å²) in [4.78, 5) is 11.5. The van der Waals surface area contributed by atoms with Crippen molar-refractivity contribution in [2.75, 3.05) is 12.3 Å². The summed E-state index contributed by atoms with van der Waals surface area (Å²) in [5.74, 6) is -0.211. The Morgan fingerprint density at radius 2 is 2.27 bits per heavy atom. The molecule has 15 heavy (non-hydrogen) atoms. The molecule has 0 unspecified atom stereocenters. The number of hydrogen-bond donors (Lipinski definition) is 2. The number of hydrogen-bond acceptors (Lipinski definition) is 2. The number of carbonyl (C=O) groups excluding carboxylic acids is 1. The maximum Gasteiger partial charge on any atom is 0.251 e. The van der Waals surface area contributed by atoms with Crippen molar-refractivity contribution in [2.45, 2.75) is 0 Å². The summed E-state index contributed by atoms with van der Waals surface area (Å²) in [6.07, 6.45) is 0. The smallest absolute Gasteiger partial charge is 0.251 e. The van der Waals surface area contributed by atoms with Crippen molar-refractivity contribution < 1.29 is 4.79 Å². The van der Waals surface area contributed by atoms with Gasteiger partial charge in [-0.05, 0) is 18.2 Å². The van der Waals surface area contributed by atoms with Gasteiger partial charge in [0.15, 0.2) is 0 Å². The first kappa shape index (κ1) is 12.1. The summed E-state index contributed by atoms with van der Waals surface area (Å²) in [5, 5.41) is 3.04. The highest BCUT2D eigenvalue weighted by atomic mass is 79.9. The van der Waals surface area contributed by atoms with E-state index in [-0.39, 0.29) is 5.91 Å². The Morgan fingerprint density at radius 3 is 2.80 bits per heavy atom. The SMILES string of the molecule is C=C(Br)CNC(=O)c1ccc(N)c(Cl)c1. The number of rotatable bonds is 3. The third kappa shape index (κ3) is 3.57. The van der Waals surface area contributed by atoms with Gasteiger partial charge in [0, 0.05) is 16.6 Å². The second kappa shape index (κ2) is 5.19. The number of nitrogens with two attached hydrogens (primary N) is 1. The molecule has 0 aliphatic heterocycles. The van der Waals surface area contributed by atoms with Gasteiger partial charge in [0.25, 0.3) is 5.91 Å². The van der Waals surface area contributed by atoms with E-state index in [0.29, 0.717) is 27.3 Å². The summed E-state index contributed by atoms with van der Waals surface area (Å²) >= 11 is 8.94. The molecule has 1 aromatic carbocycles. The second-order valence-electron chi connectivity index (χ2n) is 2.94. The molecule has 0 spiro atoms. The predicted molar refractivity (Wildman–Crippen MR) is 66.3 cm³/mol. The lowest BCUT2D eigenvalue weighted by molar-refractivity contribution is 0.0958. The lowest BCUT2D eigenvalue weighted by Gasteiger charge is -2.05. The van der Waals surface area contributed by atoms with Gasteiger partial charge in [-0.3, -0.25) is 4.79 Å². The standard InChI is InChI=1S/C10H10BrClN2O/c1-6(11)5-14-10(15)7-2-3-9(13)8(12)4-7/h2-4H,1,5,13H2,(H,14,15). The van der Waals surface area contributed by atoms with Gasteiger partial charge in [-0.25, -0.2) is 0 Å². The molecule has 1 rings (SSSR count). The first-order chi connectivity index (χ1) is 7.00.